The minimum atomic E-state index is 0.0535. The van der Waals surface area contributed by atoms with Crippen LogP contribution in [0.3, 0.4) is 0 Å². The van der Waals surface area contributed by atoms with Crippen molar-refractivity contribution in [1.82, 2.24) is 9.13 Å². The molecule has 1 unspecified atom stereocenters. The molecule has 2 N–H and O–H groups in total. The molecule has 1 atom stereocenters. The molecule has 1 aromatic heterocycles. The standard InChI is InChI=1S/C11H19N3O/c1-8(2)10(12)7-13-5-6-14(11(13)15)9-3-4-9/h5-6,8-10H,3-4,7,12H2,1-2H3. The van der Waals surface area contributed by atoms with Crippen LogP contribution in [0, 0.1) is 5.92 Å². The Morgan fingerprint density at radius 1 is 1.47 bits per heavy atom. The smallest absolute Gasteiger partial charge is 0.326 e. The van der Waals surface area contributed by atoms with Crippen LogP contribution in [-0.4, -0.2) is 15.2 Å². The summed E-state index contributed by atoms with van der Waals surface area (Å²) in [5.74, 6) is 0.404. The van der Waals surface area contributed by atoms with Crippen molar-refractivity contribution in [2.45, 2.75) is 45.3 Å². The second-order valence-electron chi connectivity index (χ2n) is 4.78. The van der Waals surface area contributed by atoms with E-state index in [1.807, 2.05) is 17.0 Å². The number of hydrogen-bond acceptors (Lipinski definition) is 2. The van der Waals surface area contributed by atoms with E-state index in [4.69, 9.17) is 5.73 Å². The molecule has 1 saturated carbocycles. The van der Waals surface area contributed by atoms with E-state index in [0.717, 1.165) is 12.8 Å². The third-order valence-corrected chi connectivity index (χ3v) is 3.08. The Morgan fingerprint density at radius 3 is 2.67 bits per heavy atom. The Morgan fingerprint density at radius 2 is 2.13 bits per heavy atom. The van der Waals surface area contributed by atoms with Crippen LogP contribution in [0.1, 0.15) is 32.7 Å². The van der Waals surface area contributed by atoms with Gasteiger partial charge in [0, 0.05) is 31.0 Å². The highest BCUT2D eigenvalue weighted by Crippen LogP contribution is 2.33. The van der Waals surface area contributed by atoms with Gasteiger partial charge in [0.25, 0.3) is 0 Å². The molecule has 0 amide bonds. The van der Waals surface area contributed by atoms with Crippen LogP contribution in [0.2, 0.25) is 0 Å². The van der Waals surface area contributed by atoms with Gasteiger partial charge in [-0.25, -0.2) is 4.79 Å². The summed E-state index contributed by atoms with van der Waals surface area (Å²) in [5.41, 5.74) is 6.04. The lowest BCUT2D eigenvalue weighted by atomic mass is 10.1. The summed E-state index contributed by atoms with van der Waals surface area (Å²) in [7, 11) is 0. The molecule has 1 aliphatic carbocycles. The minimum absolute atomic E-state index is 0.0535. The summed E-state index contributed by atoms with van der Waals surface area (Å²) < 4.78 is 3.55. The summed E-state index contributed by atoms with van der Waals surface area (Å²) >= 11 is 0. The van der Waals surface area contributed by atoms with Gasteiger partial charge in [-0.05, 0) is 18.8 Å². The van der Waals surface area contributed by atoms with Crippen molar-refractivity contribution in [2.24, 2.45) is 11.7 Å². The van der Waals surface area contributed by atoms with E-state index >= 15 is 0 Å². The van der Waals surface area contributed by atoms with E-state index in [2.05, 4.69) is 13.8 Å². The van der Waals surface area contributed by atoms with E-state index in [1.165, 1.54) is 0 Å². The molecular weight excluding hydrogens is 190 g/mol. The summed E-state index contributed by atoms with van der Waals surface area (Å²) in [5, 5.41) is 0. The third kappa shape index (κ3) is 2.15. The van der Waals surface area contributed by atoms with Crippen molar-refractivity contribution in [1.29, 1.82) is 0 Å². The van der Waals surface area contributed by atoms with E-state index < -0.39 is 0 Å². The first-order valence-corrected chi connectivity index (χ1v) is 5.62. The van der Waals surface area contributed by atoms with Crippen molar-refractivity contribution in [3.63, 3.8) is 0 Å². The highest BCUT2D eigenvalue weighted by molar-refractivity contribution is 4.91. The van der Waals surface area contributed by atoms with Gasteiger partial charge in [-0.1, -0.05) is 13.8 Å². The van der Waals surface area contributed by atoms with Crippen molar-refractivity contribution < 1.29 is 0 Å². The van der Waals surface area contributed by atoms with Crippen LogP contribution in [0.5, 0.6) is 0 Å². The lowest BCUT2D eigenvalue weighted by molar-refractivity contribution is 0.424. The molecule has 0 bridgehead atoms. The van der Waals surface area contributed by atoms with E-state index in [0.29, 0.717) is 18.5 Å². The molecular formula is C11H19N3O. The Hall–Kier alpha value is -1.03. The second-order valence-corrected chi connectivity index (χ2v) is 4.78. The Balaban J connectivity index is 2.12. The molecule has 0 radical (unpaired) electrons. The number of hydrogen-bond donors (Lipinski definition) is 1. The van der Waals surface area contributed by atoms with Gasteiger partial charge in [-0.3, -0.25) is 9.13 Å². The number of rotatable bonds is 4. The maximum Gasteiger partial charge on any atom is 0.328 e. The van der Waals surface area contributed by atoms with E-state index in [9.17, 15) is 4.79 Å². The van der Waals surface area contributed by atoms with Crippen LogP contribution in [0.25, 0.3) is 0 Å². The average Bonchev–Trinajstić information content (AvgIpc) is 2.95. The van der Waals surface area contributed by atoms with Gasteiger partial charge in [0.2, 0.25) is 0 Å². The molecule has 1 aromatic rings. The highest BCUT2D eigenvalue weighted by Gasteiger charge is 2.25. The maximum absolute atomic E-state index is 11.9. The van der Waals surface area contributed by atoms with Gasteiger partial charge in [0.1, 0.15) is 0 Å². The van der Waals surface area contributed by atoms with Crippen LogP contribution in [0.4, 0.5) is 0 Å². The van der Waals surface area contributed by atoms with Gasteiger partial charge in [-0.15, -0.1) is 0 Å². The number of nitrogens with zero attached hydrogens (tertiary/aromatic N) is 2. The second kappa shape index (κ2) is 3.85. The Kier molecular flexibility index (Phi) is 2.69. The summed E-state index contributed by atoms with van der Waals surface area (Å²) in [4.78, 5) is 11.9. The lowest BCUT2D eigenvalue weighted by Gasteiger charge is -2.15. The predicted octanol–water partition coefficient (Wildman–Crippen LogP) is 0.968. The van der Waals surface area contributed by atoms with Crippen LogP contribution < -0.4 is 11.4 Å². The molecule has 0 spiro atoms. The van der Waals surface area contributed by atoms with Gasteiger partial charge in [0.05, 0.1) is 0 Å². The van der Waals surface area contributed by atoms with Crippen LogP contribution >= 0.6 is 0 Å². The summed E-state index contributed by atoms with van der Waals surface area (Å²) in [6.07, 6.45) is 6.01. The number of imidazole rings is 1. The van der Waals surface area contributed by atoms with Crippen LogP contribution in [0.15, 0.2) is 17.2 Å². The molecule has 1 heterocycles. The number of nitrogens with two attached hydrogens (primary N) is 1. The molecule has 4 nitrogen and oxygen atoms in total. The highest BCUT2D eigenvalue weighted by atomic mass is 16.1. The third-order valence-electron chi connectivity index (χ3n) is 3.08. The van der Waals surface area contributed by atoms with E-state index in [1.54, 1.807) is 4.57 Å². The predicted molar refractivity (Wildman–Crippen MR) is 59.8 cm³/mol. The molecule has 1 fully saturated rings. The molecule has 15 heavy (non-hydrogen) atoms. The van der Waals surface area contributed by atoms with Crippen molar-refractivity contribution >= 4 is 0 Å². The first-order valence-electron chi connectivity index (χ1n) is 5.62. The van der Waals surface area contributed by atoms with Gasteiger partial charge in [0.15, 0.2) is 0 Å². The fourth-order valence-corrected chi connectivity index (χ4v) is 1.64. The molecule has 84 valence electrons. The molecule has 1 aliphatic rings. The SMILES string of the molecule is CC(C)C(N)Cn1ccn(C2CC2)c1=O. The number of aromatic nitrogens is 2. The molecule has 0 aromatic carbocycles. The summed E-state index contributed by atoms with van der Waals surface area (Å²) in [6, 6.07) is 0.506. The van der Waals surface area contributed by atoms with Gasteiger partial charge in [-0.2, -0.15) is 0 Å². The largest absolute Gasteiger partial charge is 0.328 e. The van der Waals surface area contributed by atoms with Gasteiger partial charge >= 0.3 is 5.69 Å². The Bertz CT molecular complexity index is 387. The normalized spacial score (nSPS) is 18.4. The first-order chi connectivity index (χ1) is 7.09. The zero-order valence-electron chi connectivity index (χ0n) is 9.39. The average molecular weight is 209 g/mol. The zero-order valence-corrected chi connectivity index (χ0v) is 9.39. The fourth-order valence-electron chi connectivity index (χ4n) is 1.64. The molecule has 2 rings (SSSR count). The molecule has 0 saturated heterocycles. The van der Waals surface area contributed by atoms with Gasteiger partial charge < -0.3 is 5.73 Å². The maximum atomic E-state index is 11.9. The van der Waals surface area contributed by atoms with Crippen molar-refractivity contribution in [2.75, 3.05) is 0 Å². The van der Waals surface area contributed by atoms with Crippen LogP contribution in [-0.2, 0) is 6.54 Å². The molecule has 0 aliphatic heterocycles. The van der Waals surface area contributed by atoms with E-state index in [-0.39, 0.29) is 11.7 Å². The summed E-state index contributed by atoms with van der Waals surface area (Å²) in [6.45, 7) is 4.78. The topological polar surface area (TPSA) is 52.9 Å². The molecule has 4 heteroatoms. The first kappa shape index (κ1) is 10.5. The van der Waals surface area contributed by atoms with Crippen molar-refractivity contribution in [3.8, 4) is 0 Å². The monoisotopic (exact) mass is 209 g/mol. The lowest BCUT2D eigenvalue weighted by Crippen LogP contribution is -2.35. The fraction of sp³-hybridized carbons (Fsp3) is 0.727. The zero-order chi connectivity index (χ0) is 11.0. The minimum Gasteiger partial charge on any atom is -0.326 e. The quantitative estimate of drug-likeness (QED) is 0.803. The Labute approximate surface area is 89.7 Å². The van der Waals surface area contributed by atoms with Crippen molar-refractivity contribution in [3.05, 3.63) is 22.9 Å².